The van der Waals surface area contributed by atoms with E-state index in [0.717, 1.165) is 39.1 Å². The Balaban J connectivity index is 1.52. The van der Waals surface area contributed by atoms with Crippen LogP contribution in [0.25, 0.3) is 0 Å². The van der Waals surface area contributed by atoms with Crippen molar-refractivity contribution in [3.05, 3.63) is 0 Å². The van der Waals surface area contributed by atoms with E-state index in [1.54, 1.807) is 0 Å². The van der Waals surface area contributed by atoms with Crippen LogP contribution in [0.3, 0.4) is 0 Å². The van der Waals surface area contributed by atoms with Crippen LogP contribution in [0.5, 0.6) is 0 Å². The minimum atomic E-state index is -0.230. The van der Waals surface area contributed by atoms with Crippen molar-refractivity contribution in [3.63, 3.8) is 0 Å². The highest BCUT2D eigenvalue weighted by Crippen LogP contribution is 2.34. The minimum Gasteiger partial charge on any atom is -0.381 e. The summed E-state index contributed by atoms with van der Waals surface area (Å²) in [6.07, 6.45) is 7.59. The summed E-state index contributed by atoms with van der Waals surface area (Å²) in [5.41, 5.74) is 0. The topological polar surface area (TPSA) is 30.9 Å². The van der Waals surface area contributed by atoms with E-state index < -0.39 is 0 Å². The third-order valence-electron chi connectivity index (χ3n) is 4.82. The van der Waals surface area contributed by atoms with Gasteiger partial charge >= 0.3 is 0 Å². The molecule has 1 saturated carbocycles. The van der Waals surface area contributed by atoms with Gasteiger partial charge in [-0.3, -0.25) is 4.90 Å². The van der Waals surface area contributed by atoms with Crippen LogP contribution < -0.4 is 0 Å². The van der Waals surface area contributed by atoms with Crippen molar-refractivity contribution < 1.29 is 14.2 Å². The number of piperidine rings is 1. The predicted molar refractivity (Wildman–Crippen MR) is 68.5 cm³/mol. The standard InChI is InChI=1S/C14H25NO3/c1-16-13-4-2-3-12(11-13)15-7-5-14(6-8-15)17-9-10-18-14/h12-13H,2-11H2,1H3. The number of ether oxygens (including phenoxy) is 3. The number of methoxy groups -OCH3 is 1. The average Bonchev–Trinajstić information content (AvgIpc) is 2.88. The predicted octanol–water partition coefficient (Wildman–Crippen LogP) is 1.78. The maximum atomic E-state index is 5.79. The molecule has 3 rings (SSSR count). The van der Waals surface area contributed by atoms with Gasteiger partial charge in [0.25, 0.3) is 0 Å². The lowest BCUT2D eigenvalue weighted by Gasteiger charge is -2.43. The molecule has 0 aromatic heterocycles. The van der Waals surface area contributed by atoms with Crippen LogP contribution in [0.1, 0.15) is 38.5 Å². The lowest BCUT2D eigenvalue weighted by molar-refractivity contribution is -0.189. The Kier molecular flexibility index (Phi) is 3.89. The van der Waals surface area contributed by atoms with Crippen LogP contribution in [0, 0.1) is 0 Å². The van der Waals surface area contributed by atoms with E-state index in [1.165, 1.54) is 25.7 Å². The second-order valence-electron chi connectivity index (χ2n) is 5.82. The van der Waals surface area contributed by atoms with Crippen LogP contribution in [0.4, 0.5) is 0 Å². The number of nitrogens with zero attached hydrogens (tertiary/aromatic N) is 1. The fourth-order valence-electron chi connectivity index (χ4n) is 3.68. The summed E-state index contributed by atoms with van der Waals surface area (Å²) in [6.45, 7) is 3.77. The van der Waals surface area contributed by atoms with E-state index in [4.69, 9.17) is 14.2 Å². The van der Waals surface area contributed by atoms with Crippen molar-refractivity contribution in [1.29, 1.82) is 0 Å². The molecule has 104 valence electrons. The Morgan fingerprint density at radius 1 is 1.11 bits per heavy atom. The first-order valence-electron chi connectivity index (χ1n) is 7.36. The van der Waals surface area contributed by atoms with Crippen LogP contribution >= 0.6 is 0 Å². The monoisotopic (exact) mass is 255 g/mol. The van der Waals surface area contributed by atoms with Crippen LogP contribution in [0.2, 0.25) is 0 Å². The van der Waals surface area contributed by atoms with E-state index in [9.17, 15) is 0 Å². The van der Waals surface area contributed by atoms with E-state index >= 15 is 0 Å². The largest absolute Gasteiger partial charge is 0.381 e. The fraction of sp³-hybridized carbons (Fsp3) is 1.00. The molecule has 4 heteroatoms. The van der Waals surface area contributed by atoms with Crippen LogP contribution in [-0.2, 0) is 14.2 Å². The molecule has 2 saturated heterocycles. The summed E-state index contributed by atoms with van der Waals surface area (Å²) >= 11 is 0. The van der Waals surface area contributed by atoms with Gasteiger partial charge in [0.05, 0.1) is 19.3 Å². The van der Waals surface area contributed by atoms with E-state index in [1.807, 2.05) is 7.11 Å². The summed E-state index contributed by atoms with van der Waals surface area (Å²) in [4.78, 5) is 2.63. The van der Waals surface area contributed by atoms with Crippen molar-refractivity contribution >= 4 is 0 Å². The van der Waals surface area contributed by atoms with Crippen molar-refractivity contribution in [3.8, 4) is 0 Å². The Hall–Kier alpha value is -0.160. The highest BCUT2D eigenvalue weighted by molar-refractivity contribution is 4.88. The smallest absolute Gasteiger partial charge is 0.170 e. The van der Waals surface area contributed by atoms with Crippen molar-refractivity contribution in [2.24, 2.45) is 0 Å². The quantitative estimate of drug-likeness (QED) is 0.752. The van der Waals surface area contributed by atoms with E-state index in [2.05, 4.69) is 4.90 Å². The van der Waals surface area contributed by atoms with Gasteiger partial charge in [-0.15, -0.1) is 0 Å². The molecule has 0 bridgehead atoms. The molecular weight excluding hydrogens is 230 g/mol. The highest BCUT2D eigenvalue weighted by atomic mass is 16.7. The molecule has 3 aliphatic rings. The number of rotatable bonds is 2. The molecule has 0 aromatic rings. The maximum Gasteiger partial charge on any atom is 0.170 e. The molecule has 2 atom stereocenters. The first-order valence-corrected chi connectivity index (χ1v) is 7.36. The van der Waals surface area contributed by atoms with Gasteiger partial charge < -0.3 is 14.2 Å². The number of hydrogen-bond acceptors (Lipinski definition) is 4. The molecule has 2 aliphatic heterocycles. The second kappa shape index (κ2) is 5.45. The molecule has 1 aliphatic carbocycles. The summed E-state index contributed by atoms with van der Waals surface area (Å²) in [5, 5.41) is 0. The number of likely N-dealkylation sites (tertiary alicyclic amines) is 1. The van der Waals surface area contributed by atoms with Crippen LogP contribution in [0.15, 0.2) is 0 Å². The van der Waals surface area contributed by atoms with Crippen LogP contribution in [-0.4, -0.2) is 56.2 Å². The van der Waals surface area contributed by atoms with Gasteiger partial charge in [-0.05, 0) is 25.7 Å². The summed E-state index contributed by atoms with van der Waals surface area (Å²) in [5.74, 6) is -0.230. The van der Waals surface area contributed by atoms with Crippen molar-refractivity contribution in [2.45, 2.75) is 56.5 Å². The Morgan fingerprint density at radius 3 is 2.50 bits per heavy atom. The minimum absolute atomic E-state index is 0.230. The molecule has 3 fully saturated rings. The summed E-state index contributed by atoms with van der Waals surface area (Å²) in [6, 6.07) is 0.711. The fourth-order valence-corrected chi connectivity index (χ4v) is 3.68. The van der Waals surface area contributed by atoms with Gasteiger partial charge in [-0.2, -0.15) is 0 Å². The molecule has 0 radical (unpaired) electrons. The number of hydrogen-bond donors (Lipinski definition) is 0. The SMILES string of the molecule is COC1CCCC(N2CCC3(CC2)OCCO3)C1. The zero-order valence-corrected chi connectivity index (χ0v) is 11.4. The zero-order chi connectivity index (χ0) is 12.4. The molecule has 0 N–H and O–H groups in total. The van der Waals surface area contributed by atoms with Gasteiger partial charge in [-0.25, -0.2) is 0 Å². The third-order valence-corrected chi connectivity index (χ3v) is 4.82. The molecule has 4 nitrogen and oxygen atoms in total. The lowest BCUT2D eigenvalue weighted by atomic mass is 9.90. The van der Waals surface area contributed by atoms with Gasteiger partial charge in [-0.1, -0.05) is 0 Å². The summed E-state index contributed by atoms with van der Waals surface area (Å²) < 4.78 is 17.1. The maximum absolute atomic E-state index is 5.79. The molecule has 1 spiro atoms. The van der Waals surface area contributed by atoms with E-state index in [-0.39, 0.29) is 5.79 Å². The van der Waals surface area contributed by atoms with Gasteiger partial charge in [0, 0.05) is 39.1 Å². The highest BCUT2D eigenvalue weighted by Gasteiger charge is 2.41. The van der Waals surface area contributed by atoms with E-state index in [0.29, 0.717) is 12.1 Å². The van der Waals surface area contributed by atoms with Gasteiger partial charge in [0.1, 0.15) is 0 Å². The second-order valence-corrected chi connectivity index (χ2v) is 5.82. The average molecular weight is 255 g/mol. The molecule has 2 heterocycles. The van der Waals surface area contributed by atoms with Gasteiger partial charge in [0.2, 0.25) is 0 Å². The Bertz CT molecular complexity index is 268. The Labute approximate surface area is 110 Å². The normalized spacial score (nSPS) is 37.2. The third kappa shape index (κ3) is 2.57. The molecule has 18 heavy (non-hydrogen) atoms. The first kappa shape index (κ1) is 12.9. The summed E-state index contributed by atoms with van der Waals surface area (Å²) in [7, 11) is 1.85. The molecule has 0 amide bonds. The molecule has 0 aromatic carbocycles. The van der Waals surface area contributed by atoms with Crippen molar-refractivity contribution in [2.75, 3.05) is 33.4 Å². The van der Waals surface area contributed by atoms with Crippen molar-refractivity contribution in [1.82, 2.24) is 4.90 Å². The zero-order valence-electron chi connectivity index (χ0n) is 11.4. The molecular formula is C14H25NO3. The van der Waals surface area contributed by atoms with Gasteiger partial charge in [0.15, 0.2) is 5.79 Å². The lowest BCUT2D eigenvalue weighted by Crippen LogP contribution is -2.50. The Morgan fingerprint density at radius 2 is 1.83 bits per heavy atom. The first-order chi connectivity index (χ1) is 8.81. The molecule has 2 unspecified atom stereocenters.